The zero-order valence-corrected chi connectivity index (χ0v) is 17.3. The third kappa shape index (κ3) is 6.27. The van der Waals surface area contributed by atoms with Crippen molar-refractivity contribution >= 4 is 22.6 Å². The lowest BCUT2D eigenvalue weighted by Gasteiger charge is -2.34. The van der Waals surface area contributed by atoms with Gasteiger partial charge in [-0.1, -0.05) is 36.4 Å². The van der Waals surface area contributed by atoms with Gasteiger partial charge >= 0.3 is 0 Å². The van der Waals surface area contributed by atoms with Crippen molar-refractivity contribution in [3.63, 3.8) is 0 Å². The molecule has 1 aliphatic heterocycles. The number of carbonyl (C=O) groups is 2. The van der Waals surface area contributed by atoms with Crippen molar-refractivity contribution in [3.8, 4) is 0 Å². The Morgan fingerprint density at radius 3 is 2.83 bits per heavy atom. The number of ether oxygens (including phenoxy) is 1. The average Bonchev–Trinajstić information content (AvgIpc) is 2.70. The van der Waals surface area contributed by atoms with Crippen molar-refractivity contribution < 1.29 is 14.3 Å². The van der Waals surface area contributed by atoms with Gasteiger partial charge in [-0.2, -0.15) is 0 Å². The van der Waals surface area contributed by atoms with E-state index in [1.807, 2.05) is 26.0 Å². The normalized spacial score (nSPS) is 17.5. The predicted molar refractivity (Wildman–Crippen MR) is 114 cm³/mol. The van der Waals surface area contributed by atoms with Crippen LogP contribution < -0.4 is 10.6 Å². The van der Waals surface area contributed by atoms with E-state index in [9.17, 15) is 9.59 Å². The maximum absolute atomic E-state index is 12.4. The summed E-state index contributed by atoms with van der Waals surface area (Å²) in [5.74, 6) is -0.171. The molecule has 0 aromatic heterocycles. The first-order valence-corrected chi connectivity index (χ1v) is 10.4. The second kappa shape index (κ2) is 10.4. The largest absolute Gasteiger partial charge is 0.379 e. The predicted octanol–water partition coefficient (Wildman–Crippen LogP) is 2.46. The summed E-state index contributed by atoms with van der Waals surface area (Å²) < 4.78 is 5.48. The van der Waals surface area contributed by atoms with Gasteiger partial charge in [-0.3, -0.25) is 14.5 Å². The smallest absolute Gasteiger partial charge is 0.237 e. The average molecular weight is 398 g/mol. The summed E-state index contributed by atoms with van der Waals surface area (Å²) in [6.45, 7) is 7.16. The standard InChI is InChI=1S/C23H31N3O3/c1-17(2)29-13-5-10-24-22(27)15-21-23(28)25-11-12-26(21)16-18-8-9-19-6-3-4-7-20(19)14-18/h3-4,6-9,14,17,21H,5,10-13,15-16H2,1-2H3,(H,24,27)(H,25,28). The van der Waals surface area contributed by atoms with Gasteiger partial charge in [0, 0.05) is 32.8 Å². The number of carbonyl (C=O) groups excluding carboxylic acids is 2. The van der Waals surface area contributed by atoms with Crippen LogP contribution in [0.15, 0.2) is 42.5 Å². The van der Waals surface area contributed by atoms with Crippen LogP contribution in [0.4, 0.5) is 0 Å². The van der Waals surface area contributed by atoms with Crippen molar-refractivity contribution in [2.24, 2.45) is 0 Å². The fourth-order valence-electron chi connectivity index (χ4n) is 3.61. The van der Waals surface area contributed by atoms with Gasteiger partial charge in [0.1, 0.15) is 0 Å². The molecule has 2 amide bonds. The molecular formula is C23H31N3O3. The first-order chi connectivity index (χ1) is 14.0. The molecule has 1 heterocycles. The van der Waals surface area contributed by atoms with Crippen LogP contribution in [0.3, 0.4) is 0 Å². The number of hydrogen-bond donors (Lipinski definition) is 2. The van der Waals surface area contributed by atoms with Crippen LogP contribution in [0.1, 0.15) is 32.3 Å². The molecule has 2 aromatic rings. The molecule has 1 atom stereocenters. The molecule has 1 aliphatic rings. The Balaban J connectivity index is 1.56. The van der Waals surface area contributed by atoms with Crippen molar-refractivity contribution in [2.45, 2.75) is 45.4 Å². The molecule has 6 heteroatoms. The van der Waals surface area contributed by atoms with E-state index >= 15 is 0 Å². The summed E-state index contributed by atoms with van der Waals surface area (Å²) in [6.07, 6.45) is 1.13. The Morgan fingerprint density at radius 2 is 2.03 bits per heavy atom. The second-order valence-electron chi connectivity index (χ2n) is 7.79. The topological polar surface area (TPSA) is 70.7 Å². The van der Waals surface area contributed by atoms with Crippen molar-refractivity contribution in [1.29, 1.82) is 0 Å². The van der Waals surface area contributed by atoms with Crippen LogP contribution >= 0.6 is 0 Å². The van der Waals surface area contributed by atoms with Gasteiger partial charge in [0.05, 0.1) is 18.6 Å². The van der Waals surface area contributed by atoms with Crippen molar-refractivity contribution in [3.05, 3.63) is 48.0 Å². The number of nitrogens with one attached hydrogen (secondary N) is 2. The van der Waals surface area contributed by atoms with E-state index in [0.717, 1.165) is 18.5 Å². The van der Waals surface area contributed by atoms with Crippen LogP contribution in [-0.2, 0) is 20.9 Å². The lowest BCUT2D eigenvalue weighted by atomic mass is 10.0. The molecule has 2 N–H and O–H groups in total. The fraction of sp³-hybridized carbons (Fsp3) is 0.478. The zero-order valence-electron chi connectivity index (χ0n) is 17.3. The summed E-state index contributed by atoms with van der Waals surface area (Å²) in [5, 5.41) is 8.18. The summed E-state index contributed by atoms with van der Waals surface area (Å²) in [5.41, 5.74) is 1.15. The Bertz CT molecular complexity index is 837. The van der Waals surface area contributed by atoms with Crippen LogP contribution in [0.25, 0.3) is 10.8 Å². The lowest BCUT2D eigenvalue weighted by molar-refractivity contribution is -0.134. The Hall–Kier alpha value is -2.44. The SMILES string of the molecule is CC(C)OCCCNC(=O)CC1C(=O)NCCN1Cc1ccc2ccccc2c1. The number of amides is 2. The number of rotatable bonds is 9. The lowest BCUT2D eigenvalue weighted by Crippen LogP contribution is -2.56. The fourth-order valence-corrected chi connectivity index (χ4v) is 3.61. The monoisotopic (exact) mass is 397 g/mol. The van der Waals surface area contributed by atoms with Gasteiger partial charge in [0.15, 0.2) is 0 Å². The van der Waals surface area contributed by atoms with Gasteiger partial charge in [-0.15, -0.1) is 0 Å². The quantitative estimate of drug-likeness (QED) is 0.638. The number of benzene rings is 2. The summed E-state index contributed by atoms with van der Waals surface area (Å²) in [4.78, 5) is 26.9. The summed E-state index contributed by atoms with van der Waals surface area (Å²) >= 11 is 0. The van der Waals surface area contributed by atoms with Gasteiger partial charge in [0.2, 0.25) is 11.8 Å². The highest BCUT2D eigenvalue weighted by Gasteiger charge is 2.31. The first-order valence-electron chi connectivity index (χ1n) is 10.4. The molecule has 0 radical (unpaired) electrons. The van der Waals surface area contributed by atoms with Crippen LogP contribution in [0.5, 0.6) is 0 Å². The van der Waals surface area contributed by atoms with Crippen LogP contribution in [-0.4, -0.2) is 55.1 Å². The molecule has 6 nitrogen and oxygen atoms in total. The molecule has 29 heavy (non-hydrogen) atoms. The molecule has 0 spiro atoms. The number of fused-ring (bicyclic) bond motifs is 1. The molecule has 0 bridgehead atoms. The number of piperazine rings is 1. The summed E-state index contributed by atoms with van der Waals surface area (Å²) in [6, 6.07) is 14.2. The number of nitrogens with zero attached hydrogens (tertiary/aromatic N) is 1. The first kappa shape index (κ1) is 21.3. The van der Waals surface area contributed by atoms with Crippen molar-refractivity contribution in [2.75, 3.05) is 26.2 Å². The maximum Gasteiger partial charge on any atom is 0.237 e. The zero-order chi connectivity index (χ0) is 20.6. The summed E-state index contributed by atoms with van der Waals surface area (Å²) in [7, 11) is 0. The van der Waals surface area contributed by atoms with E-state index in [1.165, 1.54) is 10.8 Å². The minimum Gasteiger partial charge on any atom is -0.379 e. The van der Waals surface area contributed by atoms with Gasteiger partial charge in [-0.25, -0.2) is 0 Å². The highest BCUT2D eigenvalue weighted by molar-refractivity contribution is 5.89. The molecule has 0 saturated carbocycles. The highest BCUT2D eigenvalue weighted by Crippen LogP contribution is 2.19. The molecule has 2 aromatic carbocycles. The van der Waals surface area contributed by atoms with E-state index in [4.69, 9.17) is 4.74 Å². The Morgan fingerprint density at radius 1 is 1.24 bits per heavy atom. The third-order valence-corrected chi connectivity index (χ3v) is 5.11. The highest BCUT2D eigenvalue weighted by atomic mass is 16.5. The molecule has 1 fully saturated rings. The van der Waals surface area contributed by atoms with Gasteiger partial charge in [-0.05, 0) is 42.7 Å². The van der Waals surface area contributed by atoms with Gasteiger partial charge < -0.3 is 15.4 Å². The second-order valence-corrected chi connectivity index (χ2v) is 7.79. The molecule has 1 unspecified atom stereocenters. The third-order valence-electron chi connectivity index (χ3n) is 5.11. The van der Waals surface area contributed by atoms with Crippen LogP contribution in [0.2, 0.25) is 0 Å². The van der Waals surface area contributed by atoms with Crippen LogP contribution in [0, 0.1) is 0 Å². The van der Waals surface area contributed by atoms with E-state index in [-0.39, 0.29) is 24.3 Å². The van der Waals surface area contributed by atoms with E-state index in [1.54, 1.807) is 0 Å². The van der Waals surface area contributed by atoms with E-state index in [0.29, 0.717) is 26.2 Å². The maximum atomic E-state index is 12.4. The van der Waals surface area contributed by atoms with E-state index < -0.39 is 6.04 Å². The van der Waals surface area contributed by atoms with E-state index in [2.05, 4.69) is 45.9 Å². The number of hydrogen-bond acceptors (Lipinski definition) is 4. The van der Waals surface area contributed by atoms with Gasteiger partial charge in [0.25, 0.3) is 0 Å². The molecule has 0 aliphatic carbocycles. The molecule has 1 saturated heterocycles. The molecular weight excluding hydrogens is 366 g/mol. The Labute approximate surface area is 172 Å². The molecule has 3 rings (SSSR count). The minimum atomic E-state index is -0.442. The van der Waals surface area contributed by atoms with Crippen molar-refractivity contribution in [1.82, 2.24) is 15.5 Å². The minimum absolute atomic E-state index is 0.0738. The molecule has 156 valence electrons. The Kier molecular flexibility index (Phi) is 7.61.